The Morgan fingerprint density at radius 1 is 0.703 bits per heavy atom. The zero-order valence-electron chi connectivity index (χ0n) is 40.6. The molecule has 64 heavy (non-hydrogen) atoms. The number of nitrogens with one attached hydrogen (secondary N) is 3. The van der Waals surface area contributed by atoms with Crippen LogP contribution in [0.3, 0.4) is 0 Å². The van der Waals surface area contributed by atoms with Gasteiger partial charge in [-0.15, -0.1) is 11.3 Å². The predicted octanol–water partition coefficient (Wildman–Crippen LogP) is 5.40. The smallest absolute Gasteiger partial charge is 0.329 e. The largest absolute Gasteiger partial charge is 0.451 e. The summed E-state index contributed by atoms with van der Waals surface area (Å²) in [5, 5.41) is 20.0. The van der Waals surface area contributed by atoms with Crippen LogP contribution in [0.1, 0.15) is 145 Å². The van der Waals surface area contributed by atoms with E-state index < -0.39 is 83.8 Å². The number of nitrogens with zero attached hydrogens (tertiary/aromatic N) is 5. The summed E-state index contributed by atoms with van der Waals surface area (Å²) in [5.74, 6) is -4.75. The van der Waals surface area contributed by atoms with Gasteiger partial charge in [-0.05, 0) is 56.3 Å². The molecule has 0 unspecified atom stereocenters. The number of likely N-dealkylation sites (N-methyl/N-ethyl adjacent to an activating group) is 3. The van der Waals surface area contributed by atoms with E-state index in [1.165, 1.54) is 54.1 Å². The molecular formula is C47H78N8O8S. The monoisotopic (exact) mass is 915 g/mol. The Kier molecular flexibility index (Phi) is 24.0. The lowest BCUT2D eigenvalue weighted by Gasteiger charge is -2.35. The molecule has 0 aromatic carbocycles. The fourth-order valence-electron chi connectivity index (χ4n) is 7.98. The number of hydrogen-bond donors (Lipinski definition) is 3. The van der Waals surface area contributed by atoms with Gasteiger partial charge in [-0.1, -0.05) is 93.9 Å². The molecule has 1 aromatic heterocycles. The van der Waals surface area contributed by atoms with Crippen molar-refractivity contribution < 1.29 is 38.3 Å². The molecule has 1 aromatic rings. The van der Waals surface area contributed by atoms with Crippen LogP contribution in [0, 0.1) is 35.0 Å². The van der Waals surface area contributed by atoms with Crippen LogP contribution >= 0.6 is 11.3 Å². The SMILES string of the molecule is CCCC[C@@H](C)C[C@@H]1NC(=O)[C@H](Cc2cscn2)N(C)C(=O)[C@H](CC(C)C)NC(=O)[C@H](CC(C)C)N(C)C(=O)[C@H](C[C@H](C)CCCC)NC(=O)[C@@H](CCC#N)OC(=O)[C@H](C)N(C)C1=O. The average Bonchev–Trinajstić information content (AvgIpc) is 3.77. The predicted molar refractivity (Wildman–Crippen MR) is 247 cm³/mol. The first-order valence-electron chi connectivity index (χ1n) is 23.3. The molecule has 360 valence electrons. The molecule has 0 bridgehead atoms. The van der Waals surface area contributed by atoms with Crippen LogP contribution < -0.4 is 16.0 Å². The van der Waals surface area contributed by atoms with Crippen LogP contribution in [0.4, 0.5) is 0 Å². The molecule has 2 heterocycles. The topological polar surface area (TPSA) is 211 Å². The number of rotatable bonds is 18. The standard InChI is InChI=1S/C47H78N8O8S/c1-13-15-18-31(7)24-36-44(59)53(10)33(9)47(62)63-40(20-17-21-48)43(58)52-37(25-32(8)19-16-14-2)46(61)54(11)38(23-30(5)6)41(56)50-35(22-29(3)4)45(60)55(12)39(42(57)51-36)26-34-27-64-28-49-34/h27-33,35-40H,13-20,22-26H2,1-12H3,(H,50,56)(H,51,57)(H,52,58)/t31-,32-,33+,35+,36+,37+,38+,39+,40-/m1/s1. The highest BCUT2D eigenvalue weighted by Gasteiger charge is 2.40. The van der Waals surface area contributed by atoms with Crippen LogP contribution in [0.2, 0.25) is 0 Å². The van der Waals surface area contributed by atoms with E-state index in [0.717, 1.165) is 38.5 Å². The molecule has 1 fully saturated rings. The summed E-state index contributed by atoms with van der Waals surface area (Å²) < 4.78 is 5.78. The van der Waals surface area contributed by atoms with Crippen molar-refractivity contribution in [2.75, 3.05) is 21.1 Å². The minimum absolute atomic E-state index is 0.0151. The molecule has 0 radical (unpaired) electrons. The van der Waals surface area contributed by atoms with Crippen molar-refractivity contribution in [1.82, 2.24) is 35.6 Å². The Hall–Kier alpha value is -4.59. The number of ether oxygens (including phenoxy) is 1. The second kappa shape index (κ2) is 27.7. The van der Waals surface area contributed by atoms with Gasteiger partial charge >= 0.3 is 5.97 Å². The zero-order chi connectivity index (χ0) is 48.3. The maximum Gasteiger partial charge on any atom is 0.329 e. The third kappa shape index (κ3) is 17.4. The van der Waals surface area contributed by atoms with Gasteiger partial charge in [-0.3, -0.25) is 28.8 Å². The van der Waals surface area contributed by atoms with E-state index in [1.54, 1.807) is 10.9 Å². The number of carbonyl (C=O) groups is 7. The first-order valence-corrected chi connectivity index (χ1v) is 24.3. The van der Waals surface area contributed by atoms with E-state index >= 15 is 0 Å². The zero-order valence-corrected chi connectivity index (χ0v) is 41.4. The molecule has 3 N–H and O–H groups in total. The van der Waals surface area contributed by atoms with Crippen molar-refractivity contribution in [1.29, 1.82) is 5.26 Å². The molecule has 1 aliphatic rings. The van der Waals surface area contributed by atoms with E-state index in [2.05, 4.69) is 34.8 Å². The summed E-state index contributed by atoms with van der Waals surface area (Å²) in [6.07, 6.45) is 4.29. The lowest BCUT2D eigenvalue weighted by molar-refractivity contribution is -0.163. The van der Waals surface area contributed by atoms with Crippen molar-refractivity contribution in [3.8, 4) is 6.07 Å². The molecule has 0 aliphatic carbocycles. The van der Waals surface area contributed by atoms with E-state index in [1.807, 2.05) is 47.6 Å². The second-order valence-corrected chi connectivity index (χ2v) is 19.5. The van der Waals surface area contributed by atoms with Crippen LogP contribution in [0.25, 0.3) is 0 Å². The van der Waals surface area contributed by atoms with Crippen molar-refractivity contribution >= 4 is 52.7 Å². The first-order chi connectivity index (χ1) is 30.2. The lowest BCUT2D eigenvalue weighted by Crippen LogP contribution is -2.60. The molecular weight excluding hydrogens is 837 g/mol. The van der Waals surface area contributed by atoms with Crippen LogP contribution in [0.5, 0.6) is 0 Å². The number of nitriles is 1. The summed E-state index contributed by atoms with van der Waals surface area (Å²) in [6, 6.07) is -4.80. The van der Waals surface area contributed by atoms with E-state index in [0.29, 0.717) is 5.69 Å². The van der Waals surface area contributed by atoms with Crippen LogP contribution in [-0.4, -0.2) is 125 Å². The number of cyclic esters (lactones) is 1. The Balaban J connectivity index is 2.88. The molecule has 0 spiro atoms. The van der Waals surface area contributed by atoms with Gasteiger partial charge in [0.05, 0.1) is 17.3 Å². The van der Waals surface area contributed by atoms with Crippen LogP contribution in [0.15, 0.2) is 10.9 Å². The highest BCUT2D eigenvalue weighted by molar-refractivity contribution is 7.07. The van der Waals surface area contributed by atoms with Gasteiger partial charge in [0, 0.05) is 45.8 Å². The van der Waals surface area contributed by atoms with Gasteiger partial charge in [0.2, 0.25) is 29.5 Å². The quantitative estimate of drug-likeness (QED) is 0.160. The van der Waals surface area contributed by atoms with Gasteiger partial charge in [-0.25, -0.2) is 9.78 Å². The highest BCUT2D eigenvalue weighted by atomic mass is 32.1. The van der Waals surface area contributed by atoms with Crippen molar-refractivity contribution in [2.45, 2.75) is 188 Å². The number of carbonyl (C=O) groups excluding carboxylic acids is 7. The number of esters is 1. The van der Waals surface area contributed by atoms with E-state index in [4.69, 9.17) is 4.74 Å². The van der Waals surface area contributed by atoms with Crippen LogP contribution in [-0.2, 0) is 44.7 Å². The third-order valence-corrected chi connectivity index (χ3v) is 12.7. The molecule has 2 rings (SSSR count). The van der Waals surface area contributed by atoms with Gasteiger partial charge in [-0.2, -0.15) is 5.26 Å². The summed E-state index contributed by atoms with van der Waals surface area (Å²) >= 11 is 1.33. The number of amides is 6. The summed E-state index contributed by atoms with van der Waals surface area (Å²) in [7, 11) is 4.42. The Morgan fingerprint density at radius 2 is 1.17 bits per heavy atom. The first kappa shape index (κ1) is 55.5. The maximum atomic E-state index is 14.7. The van der Waals surface area contributed by atoms with E-state index in [9.17, 15) is 38.8 Å². The van der Waals surface area contributed by atoms with E-state index in [-0.39, 0.29) is 68.6 Å². The fourth-order valence-corrected chi connectivity index (χ4v) is 8.55. The van der Waals surface area contributed by atoms with Crippen molar-refractivity contribution in [3.63, 3.8) is 0 Å². The lowest BCUT2D eigenvalue weighted by atomic mass is 9.94. The molecule has 6 amide bonds. The number of unbranched alkanes of at least 4 members (excludes halogenated alkanes) is 2. The highest BCUT2D eigenvalue weighted by Crippen LogP contribution is 2.22. The molecule has 9 atom stereocenters. The van der Waals surface area contributed by atoms with Crippen molar-refractivity contribution in [2.24, 2.45) is 23.7 Å². The third-order valence-electron chi connectivity index (χ3n) is 12.1. The maximum absolute atomic E-state index is 14.7. The summed E-state index contributed by atoms with van der Waals surface area (Å²) in [6.45, 7) is 17.2. The molecule has 0 saturated carbocycles. The Morgan fingerprint density at radius 3 is 1.64 bits per heavy atom. The minimum atomic E-state index is -1.48. The Labute approximate surface area is 386 Å². The summed E-state index contributed by atoms with van der Waals surface area (Å²) in [5.41, 5.74) is 2.18. The summed E-state index contributed by atoms with van der Waals surface area (Å²) in [4.78, 5) is 109. The Bertz CT molecular complexity index is 1720. The van der Waals surface area contributed by atoms with Gasteiger partial charge in [0.1, 0.15) is 36.3 Å². The van der Waals surface area contributed by atoms with Gasteiger partial charge in [0.15, 0.2) is 6.10 Å². The van der Waals surface area contributed by atoms with Gasteiger partial charge < -0.3 is 35.4 Å². The number of aromatic nitrogens is 1. The minimum Gasteiger partial charge on any atom is -0.451 e. The molecule has 17 heteroatoms. The average molecular weight is 915 g/mol. The molecule has 1 saturated heterocycles. The molecule has 1 aliphatic heterocycles. The van der Waals surface area contributed by atoms with Gasteiger partial charge in [0.25, 0.3) is 5.91 Å². The van der Waals surface area contributed by atoms with Crippen molar-refractivity contribution in [3.05, 3.63) is 16.6 Å². The molecule has 16 nitrogen and oxygen atoms in total. The fraction of sp³-hybridized carbons (Fsp3) is 0.766. The normalized spacial score (nSPS) is 25.0. The number of thiazole rings is 1. The second-order valence-electron chi connectivity index (χ2n) is 18.8. The number of hydrogen-bond acceptors (Lipinski definition) is 11.